The van der Waals surface area contributed by atoms with Gasteiger partial charge in [0.15, 0.2) is 6.61 Å². The van der Waals surface area contributed by atoms with Crippen LogP contribution in [-0.4, -0.2) is 33.4 Å². The van der Waals surface area contributed by atoms with E-state index in [9.17, 15) is 13.2 Å². The van der Waals surface area contributed by atoms with Gasteiger partial charge in [0.2, 0.25) is 5.91 Å². The average molecular weight is 284 g/mol. The van der Waals surface area contributed by atoms with Gasteiger partial charge in [0.05, 0.1) is 5.56 Å². The number of carbonyl (C=O) groups is 1. The SMILES string of the molecule is CC(=O)NS(=O)(=O)c1ccccc1C1=NOCCO1. The van der Waals surface area contributed by atoms with Crippen LogP contribution >= 0.6 is 0 Å². The number of amides is 1. The van der Waals surface area contributed by atoms with Crippen LogP contribution in [0.4, 0.5) is 0 Å². The van der Waals surface area contributed by atoms with Crippen LogP contribution in [0.3, 0.4) is 0 Å². The lowest BCUT2D eigenvalue weighted by molar-refractivity contribution is -0.117. The third-order valence-electron chi connectivity index (χ3n) is 2.25. The van der Waals surface area contributed by atoms with E-state index in [1.54, 1.807) is 12.1 Å². The molecule has 0 atom stereocenters. The first-order chi connectivity index (χ1) is 9.00. The smallest absolute Gasteiger partial charge is 0.264 e. The molecule has 0 bridgehead atoms. The normalized spacial score (nSPS) is 14.9. The summed E-state index contributed by atoms with van der Waals surface area (Å²) < 4.78 is 31.2. The second-order valence-electron chi connectivity index (χ2n) is 3.74. The molecule has 0 saturated heterocycles. The fourth-order valence-electron chi connectivity index (χ4n) is 1.56. The molecule has 1 amide bonds. The first kappa shape index (κ1) is 13.3. The van der Waals surface area contributed by atoms with Crippen LogP contribution < -0.4 is 4.72 Å². The van der Waals surface area contributed by atoms with E-state index >= 15 is 0 Å². The first-order valence-electron chi connectivity index (χ1n) is 5.46. The highest BCUT2D eigenvalue weighted by molar-refractivity contribution is 7.90. The van der Waals surface area contributed by atoms with Crippen LogP contribution in [0, 0.1) is 0 Å². The maximum Gasteiger partial charge on any atom is 0.264 e. The first-order valence-corrected chi connectivity index (χ1v) is 6.94. The monoisotopic (exact) mass is 284 g/mol. The minimum Gasteiger partial charge on any atom is -0.471 e. The Morgan fingerprint density at radius 3 is 2.68 bits per heavy atom. The van der Waals surface area contributed by atoms with E-state index in [-0.39, 0.29) is 23.0 Å². The number of nitrogens with one attached hydrogen (secondary N) is 1. The molecule has 1 N–H and O–H groups in total. The Hall–Kier alpha value is -2.09. The summed E-state index contributed by atoms with van der Waals surface area (Å²) in [6.45, 7) is 1.72. The lowest BCUT2D eigenvalue weighted by atomic mass is 10.2. The highest BCUT2D eigenvalue weighted by atomic mass is 32.2. The van der Waals surface area contributed by atoms with Crippen molar-refractivity contribution in [1.82, 2.24) is 4.72 Å². The molecule has 0 spiro atoms. The number of oxime groups is 1. The Kier molecular flexibility index (Phi) is 3.70. The molecule has 1 aromatic carbocycles. The molecule has 102 valence electrons. The fourth-order valence-corrected chi connectivity index (χ4v) is 2.75. The third kappa shape index (κ3) is 3.02. The van der Waals surface area contributed by atoms with Gasteiger partial charge in [-0.3, -0.25) is 4.79 Å². The summed E-state index contributed by atoms with van der Waals surface area (Å²) >= 11 is 0. The molecule has 0 unspecified atom stereocenters. The van der Waals surface area contributed by atoms with Crippen molar-refractivity contribution < 1.29 is 22.8 Å². The Morgan fingerprint density at radius 1 is 1.32 bits per heavy atom. The predicted molar refractivity (Wildman–Crippen MR) is 65.9 cm³/mol. The summed E-state index contributed by atoms with van der Waals surface area (Å²) in [7, 11) is -3.96. The number of ether oxygens (including phenoxy) is 1. The van der Waals surface area contributed by atoms with Crippen LogP contribution in [0.25, 0.3) is 0 Å². The Bertz CT molecular complexity index is 624. The van der Waals surface area contributed by atoms with Crippen LogP contribution in [0.15, 0.2) is 34.3 Å². The Labute approximate surface area is 110 Å². The van der Waals surface area contributed by atoms with Crippen molar-refractivity contribution in [3.8, 4) is 0 Å². The maximum atomic E-state index is 12.0. The van der Waals surface area contributed by atoms with Crippen LogP contribution in [0.5, 0.6) is 0 Å². The van der Waals surface area contributed by atoms with Gasteiger partial charge in [0.1, 0.15) is 11.5 Å². The molecule has 7 nitrogen and oxygen atoms in total. The van der Waals surface area contributed by atoms with Gasteiger partial charge in [-0.2, -0.15) is 0 Å². The molecule has 19 heavy (non-hydrogen) atoms. The molecule has 0 aromatic heterocycles. The zero-order valence-electron chi connectivity index (χ0n) is 10.1. The van der Waals surface area contributed by atoms with E-state index < -0.39 is 15.9 Å². The molecule has 0 fully saturated rings. The molecule has 1 heterocycles. The standard InChI is InChI=1S/C11H12N2O5S/c1-8(14)13-19(15,16)10-5-3-2-4-9(10)11-12-18-7-6-17-11/h2-5H,6-7H2,1H3,(H,13,14). The van der Waals surface area contributed by atoms with E-state index in [0.29, 0.717) is 6.61 Å². The summed E-state index contributed by atoms with van der Waals surface area (Å²) in [5.74, 6) is -0.590. The van der Waals surface area contributed by atoms with Gasteiger partial charge in [-0.05, 0) is 17.3 Å². The molecule has 2 rings (SSSR count). The van der Waals surface area contributed by atoms with Crippen molar-refractivity contribution in [2.75, 3.05) is 13.2 Å². The van der Waals surface area contributed by atoms with Crippen molar-refractivity contribution in [1.29, 1.82) is 0 Å². The van der Waals surface area contributed by atoms with E-state index in [2.05, 4.69) is 5.16 Å². The van der Waals surface area contributed by atoms with E-state index in [1.807, 2.05) is 4.72 Å². The lowest BCUT2D eigenvalue weighted by Gasteiger charge is -2.16. The number of sulfonamides is 1. The molecule has 0 radical (unpaired) electrons. The average Bonchev–Trinajstić information content (AvgIpc) is 2.38. The minimum absolute atomic E-state index is 0.0794. The highest BCUT2D eigenvalue weighted by Gasteiger charge is 2.24. The van der Waals surface area contributed by atoms with E-state index in [0.717, 1.165) is 6.92 Å². The second-order valence-corrected chi connectivity index (χ2v) is 5.39. The quantitative estimate of drug-likeness (QED) is 0.857. The zero-order valence-corrected chi connectivity index (χ0v) is 10.9. The molecule has 1 aromatic rings. The van der Waals surface area contributed by atoms with Crippen LogP contribution in [-0.2, 0) is 24.4 Å². The fraction of sp³-hybridized carbons (Fsp3) is 0.273. The second kappa shape index (κ2) is 5.27. The van der Waals surface area contributed by atoms with Crippen molar-refractivity contribution in [3.63, 3.8) is 0 Å². The number of nitrogens with zero attached hydrogens (tertiary/aromatic N) is 1. The molecule has 8 heteroatoms. The highest BCUT2D eigenvalue weighted by Crippen LogP contribution is 2.18. The molecular weight excluding hydrogens is 272 g/mol. The molecule has 0 aliphatic carbocycles. The largest absolute Gasteiger partial charge is 0.471 e. The summed E-state index contributed by atoms with van der Waals surface area (Å²) in [5, 5.41) is 3.67. The van der Waals surface area contributed by atoms with Crippen molar-refractivity contribution >= 4 is 21.8 Å². The third-order valence-corrected chi connectivity index (χ3v) is 3.74. The molecule has 1 aliphatic rings. The van der Waals surface area contributed by atoms with E-state index in [1.165, 1.54) is 12.1 Å². The number of rotatable bonds is 3. The van der Waals surface area contributed by atoms with Gasteiger partial charge in [-0.15, -0.1) is 0 Å². The molecule has 0 saturated carbocycles. The maximum absolute atomic E-state index is 12.0. The number of hydrogen-bond donors (Lipinski definition) is 1. The summed E-state index contributed by atoms with van der Waals surface area (Å²) in [5.41, 5.74) is 0.246. The number of hydrogen-bond acceptors (Lipinski definition) is 6. The van der Waals surface area contributed by atoms with Gasteiger partial charge < -0.3 is 9.57 Å². The van der Waals surface area contributed by atoms with Gasteiger partial charge in [0, 0.05) is 6.92 Å². The van der Waals surface area contributed by atoms with Gasteiger partial charge >= 0.3 is 0 Å². The number of carbonyl (C=O) groups excluding carboxylic acids is 1. The summed E-state index contributed by atoms with van der Waals surface area (Å²) in [4.78, 5) is 15.7. The zero-order chi connectivity index (χ0) is 13.9. The van der Waals surface area contributed by atoms with E-state index in [4.69, 9.17) is 9.57 Å². The van der Waals surface area contributed by atoms with Crippen molar-refractivity contribution in [3.05, 3.63) is 29.8 Å². The van der Waals surface area contributed by atoms with Crippen LogP contribution in [0.2, 0.25) is 0 Å². The topological polar surface area (TPSA) is 94.1 Å². The van der Waals surface area contributed by atoms with Crippen LogP contribution in [0.1, 0.15) is 12.5 Å². The Balaban J connectivity index is 2.47. The van der Waals surface area contributed by atoms with Crippen molar-refractivity contribution in [2.24, 2.45) is 5.16 Å². The van der Waals surface area contributed by atoms with Gasteiger partial charge in [-0.1, -0.05) is 12.1 Å². The van der Waals surface area contributed by atoms with Crippen molar-refractivity contribution in [2.45, 2.75) is 11.8 Å². The molecule has 1 aliphatic heterocycles. The number of benzene rings is 1. The lowest BCUT2D eigenvalue weighted by Crippen LogP contribution is -2.30. The summed E-state index contributed by atoms with van der Waals surface area (Å²) in [6, 6.07) is 6.08. The van der Waals surface area contributed by atoms with Gasteiger partial charge in [0.25, 0.3) is 15.9 Å². The molecular formula is C11H12N2O5S. The summed E-state index contributed by atoms with van der Waals surface area (Å²) in [6.07, 6.45) is 0. The Morgan fingerprint density at radius 2 is 2.05 bits per heavy atom. The minimum atomic E-state index is -3.96. The predicted octanol–water partition coefficient (Wildman–Crippen LogP) is 0.220. The van der Waals surface area contributed by atoms with Gasteiger partial charge in [-0.25, -0.2) is 13.1 Å².